The van der Waals surface area contributed by atoms with E-state index < -0.39 is 45.1 Å². The number of amides is 1. The number of aliphatic hydroxyl groups excluding tert-OH is 1. The van der Waals surface area contributed by atoms with Gasteiger partial charge < -0.3 is 29.2 Å². The summed E-state index contributed by atoms with van der Waals surface area (Å²) in [5.41, 5.74) is 0.246. The molecule has 0 aromatic heterocycles. The molecule has 14 heteroatoms. The molecule has 0 aliphatic carbocycles. The van der Waals surface area contributed by atoms with Gasteiger partial charge in [0.15, 0.2) is 27.4 Å². The Morgan fingerprint density at radius 3 is 2.30 bits per heavy atom. The van der Waals surface area contributed by atoms with Crippen LogP contribution in [0, 0.1) is 0 Å². The average molecular weight is 638 g/mol. The number of carbonyl (C=O) groups excluding carboxylic acids is 1. The van der Waals surface area contributed by atoms with Gasteiger partial charge in [-0.3, -0.25) is 5.01 Å². The molecule has 1 aliphatic rings. The maximum Gasteiger partial charge on any atom is 0.416 e. The molecule has 0 fully saturated rings. The van der Waals surface area contributed by atoms with Crippen LogP contribution in [-0.4, -0.2) is 48.8 Å². The predicted octanol–water partition coefficient (Wildman–Crippen LogP) is 3.84. The van der Waals surface area contributed by atoms with Gasteiger partial charge in [-0.05, 0) is 60.4 Å². The van der Waals surface area contributed by atoms with Crippen LogP contribution < -0.4 is 25.2 Å². The smallest absolute Gasteiger partial charge is 0.416 e. The van der Waals surface area contributed by atoms with E-state index in [1.165, 1.54) is 30.3 Å². The highest BCUT2D eigenvalue weighted by Gasteiger charge is 2.40. The van der Waals surface area contributed by atoms with Gasteiger partial charge in [0.05, 0.1) is 27.9 Å². The molecule has 0 radical (unpaired) electrons. The fourth-order valence-corrected chi connectivity index (χ4v) is 6.73. The quantitative estimate of drug-likeness (QED) is 0.162. The molecule has 1 aliphatic heterocycles. The van der Waals surface area contributed by atoms with Crippen LogP contribution in [0.1, 0.15) is 42.9 Å². The van der Waals surface area contributed by atoms with Crippen LogP contribution in [0.3, 0.4) is 0 Å². The summed E-state index contributed by atoms with van der Waals surface area (Å²) in [4.78, 5) is 11.7. The van der Waals surface area contributed by atoms with Crippen molar-refractivity contribution in [2.24, 2.45) is 5.84 Å². The molecule has 1 heterocycles. The van der Waals surface area contributed by atoms with Crippen LogP contribution in [0.25, 0.3) is 0 Å². The van der Waals surface area contributed by atoms with E-state index >= 15 is 0 Å². The lowest BCUT2D eigenvalue weighted by Gasteiger charge is -2.36. The summed E-state index contributed by atoms with van der Waals surface area (Å²) in [6, 6.07) is 13.5. The van der Waals surface area contributed by atoms with Gasteiger partial charge in [0.1, 0.15) is 12.4 Å². The third-order valence-electron chi connectivity index (χ3n) is 7.31. The number of alkyl halides is 3. The molecule has 3 atom stereocenters. The Morgan fingerprint density at radius 2 is 1.68 bits per heavy atom. The third kappa shape index (κ3) is 7.73. The van der Waals surface area contributed by atoms with Gasteiger partial charge in [-0.1, -0.05) is 44.0 Å². The number of halogens is 3. The lowest BCUT2D eigenvalue weighted by molar-refractivity contribution is -0.270. The first-order chi connectivity index (χ1) is 20.8. The SMILES string of the molecule is CCCCC([C@H](O)[C@H](Cc1ccc(OCc2ccc(C(F)(F)F)cc2)cc1)N(N)C(=O)[O-])S(=O)(=O)c1ccc2c(c1)OCO2. The number of fused-ring (bicyclic) bond motifs is 1. The monoisotopic (exact) mass is 637 g/mol. The number of carbonyl (C=O) groups is 1. The van der Waals surface area contributed by atoms with Crippen molar-refractivity contribution in [1.29, 1.82) is 0 Å². The Balaban J connectivity index is 1.52. The van der Waals surface area contributed by atoms with Gasteiger partial charge in [-0.15, -0.1) is 0 Å². The Morgan fingerprint density at radius 1 is 1.05 bits per heavy atom. The van der Waals surface area contributed by atoms with E-state index in [-0.39, 0.29) is 36.9 Å². The highest BCUT2D eigenvalue weighted by molar-refractivity contribution is 7.92. The second-order valence-corrected chi connectivity index (χ2v) is 12.5. The van der Waals surface area contributed by atoms with Crippen LogP contribution in [-0.2, 0) is 29.0 Å². The van der Waals surface area contributed by atoms with Crippen molar-refractivity contribution in [3.63, 3.8) is 0 Å². The Kier molecular flexibility index (Phi) is 10.3. The molecule has 10 nitrogen and oxygen atoms in total. The molecule has 0 saturated carbocycles. The van der Waals surface area contributed by atoms with E-state index in [4.69, 9.17) is 20.1 Å². The topological polar surface area (TPSA) is 151 Å². The zero-order valence-electron chi connectivity index (χ0n) is 23.7. The van der Waals surface area contributed by atoms with Gasteiger partial charge >= 0.3 is 6.18 Å². The Hall–Kier alpha value is -4.01. The van der Waals surface area contributed by atoms with Crippen molar-refractivity contribution < 1.29 is 50.8 Å². The number of benzene rings is 3. The number of hydrogen-bond acceptors (Lipinski definition) is 9. The maximum absolute atomic E-state index is 13.8. The Bertz CT molecular complexity index is 1530. The number of rotatable bonds is 13. The van der Waals surface area contributed by atoms with Crippen LogP contribution in [0.2, 0.25) is 0 Å². The fourth-order valence-electron chi connectivity index (χ4n) is 4.83. The van der Waals surface area contributed by atoms with Gasteiger partial charge in [0.2, 0.25) is 6.79 Å². The van der Waals surface area contributed by atoms with Gasteiger partial charge in [-0.25, -0.2) is 14.3 Å². The normalized spacial score (nSPS) is 15.0. The molecule has 4 rings (SSSR count). The van der Waals surface area contributed by atoms with Gasteiger partial charge in [-0.2, -0.15) is 13.2 Å². The van der Waals surface area contributed by atoms with E-state index in [1.54, 1.807) is 24.3 Å². The number of unbranched alkanes of at least 4 members (excludes halogenated alkanes) is 1. The molecule has 0 spiro atoms. The van der Waals surface area contributed by atoms with Crippen LogP contribution >= 0.6 is 0 Å². The van der Waals surface area contributed by atoms with Gasteiger partial charge in [0, 0.05) is 6.07 Å². The second-order valence-electron chi connectivity index (χ2n) is 10.3. The molecule has 1 amide bonds. The molecule has 3 aromatic rings. The summed E-state index contributed by atoms with van der Waals surface area (Å²) in [6.45, 7) is 1.79. The minimum Gasteiger partial charge on any atom is -0.529 e. The van der Waals surface area contributed by atoms with Crippen LogP contribution in [0.15, 0.2) is 71.6 Å². The van der Waals surface area contributed by atoms with Crippen molar-refractivity contribution in [2.75, 3.05) is 6.79 Å². The zero-order chi connectivity index (χ0) is 32.1. The van der Waals surface area contributed by atoms with E-state index in [9.17, 15) is 36.6 Å². The zero-order valence-corrected chi connectivity index (χ0v) is 24.5. The number of ether oxygens (including phenoxy) is 3. The largest absolute Gasteiger partial charge is 0.529 e. The molecule has 44 heavy (non-hydrogen) atoms. The van der Waals surface area contributed by atoms with Crippen molar-refractivity contribution in [2.45, 2.75) is 67.7 Å². The van der Waals surface area contributed by atoms with E-state index in [1.807, 2.05) is 6.92 Å². The minimum atomic E-state index is -4.44. The first kappa shape index (κ1) is 32.9. The highest BCUT2D eigenvalue weighted by Crippen LogP contribution is 2.36. The van der Waals surface area contributed by atoms with E-state index in [0.29, 0.717) is 40.5 Å². The third-order valence-corrected chi connectivity index (χ3v) is 9.53. The molecule has 3 aromatic carbocycles. The van der Waals surface area contributed by atoms with E-state index in [0.717, 1.165) is 12.1 Å². The van der Waals surface area contributed by atoms with Crippen LogP contribution in [0.5, 0.6) is 17.2 Å². The van der Waals surface area contributed by atoms with Gasteiger partial charge in [0.25, 0.3) is 0 Å². The van der Waals surface area contributed by atoms with Crippen molar-refractivity contribution in [3.05, 3.63) is 83.4 Å². The lowest BCUT2D eigenvalue weighted by Crippen LogP contribution is -2.59. The highest BCUT2D eigenvalue weighted by atomic mass is 32.2. The minimum absolute atomic E-state index is 0.00306. The molecule has 1 unspecified atom stereocenters. The predicted molar refractivity (Wildman–Crippen MR) is 150 cm³/mol. The average Bonchev–Trinajstić information content (AvgIpc) is 3.47. The number of hydrogen-bond donors (Lipinski definition) is 2. The number of carboxylic acid groups (broad SMARTS) is 1. The number of aliphatic hydroxyl groups is 1. The first-order valence-electron chi connectivity index (χ1n) is 13.8. The number of nitrogens with two attached hydrogens (primary N) is 1. The molecule has 0 saturated heterocycles. The summed E-state index contributed by atoms with van der Waals surface area (Å²) < 4.78 is 82.1. The lowest BCUT2D eigenvalue weighted by atomic mass is 9.96. The maximum atomic E-state index is 13.8. The van der Waals surface area contributed by atoms with Crippen molar-refractivity contribution >= 4 is 15.9 Å². The number of hydrazine groups is 1. The Labute approximate surface area is 252 Å². The molecule has 0 bridgehead atoms. The van der Waals surface area contributed by atoms with Crippen molar-refractivity contribution in [3.8, 4) is 17.2 Å². The summed E-state index contributed by atoms with van der Waals surface area (Å²) in [6.07, 6.45) is -7.07. The molecular formula is C30H32F3N2O8S-. The number of nitrogens with zero attached hydrogens (tertiary/aromatic N) is 1. The van der Waals surface area contributed by atoms with E-state index in [2.05, 4.69) is 0 Å². The molecular weight excluding hydrogens is 605 g/mol. The molecule has 3 N–H and O–H groups in total. The van der Waals surface area contributed by atoms with Crippen molar-refractivity contribution in [1.82, 2.24) is 5.01 Å². The second kappa shape index (κ2) is 13.7. The summed E-state index contributed by atoms with van der Waals surface area (Å²) >= 11 is 0. The first-order valence-corrected chi connectivity index (χ1v) is 15.3. The summed E-state index contributed by atoms with van der Waals surface area (Å²) in [5.74, 6) is 6.79. The fraction of sp³-hybridized carbons (Fsp3) is 0.367. The summed E-state index contributed by atoms with van der Waals surface area (Å²) in [5, 5.41) is 22.1. The summed E-state index contributed by atoms with van der Waals surface area (Å²) in [7, 11) is -4.21. The number of sulfone groups is 1. The van der Waals surface area contributed by atoms with Crippen LogP contribution in [0.4, 0.5) is 18.0 Å². The standard InChI is InChI=1S/C30H33F3N2O8S/c1-2-3-4-27(44(39,40)23-13-14-25-26(16-23)43-18-42-25)28(36)24(35(34)29(37)38)15-19-7-11-22(12-8-19)41-17-20-5-9-21(10-6-20)30(31,32)33/h5-14,16,24,27-28,36H,2-4,15,17-18,34H2,1H3,(H,37,38)/p-1/t24-,27?,28+/m0/s1. The molecule has 238 valence electrons.